The van der Waals surface area contributed by atoms with Crippen molar-refractivity contribution in [2.75, 3.05) is 19.1 Å². The van der Waals surface area contributed by atoms with Gasteiger partial charge in [0.25, 0.3) is 0 Å². The highest BCUT2D eigenvalue weighted by atomic mass is 35.5. The topological polar surface area (TPSA) is 74.4 Å². The molecule has 0 aliphatic rings. The molecule has 2 amide bonds. The second-order valence-corrected chi connectivity index (χ2v) is 8.52. The van der Waals surface area contributed by atoms with Crippen LogP contribution in [0.5, 0.6) is 5.75 Å². The molecule has 2 N–H and O–H groups in total. The van der Waals surface area contributed by atoms with E-state index in [0.717, 1.165) is 27.8 Å². The molecule has 0 bridgehead atoms. The molecular weight excluding hydrogens is 450 g/mol. The van der Waals surface area contributed by atoms with Gasteiger partial charge in [0.15, 0.2) is 0 Å². The molecule has 0 saturated heterocycles. The molecule has 1 atom stereocenters. The fourth-order valence-corrected chi connectivity index (χ4v) is 4.05. The van der Waals surface area contributed by atoms with Crippen molar-refractivity contribution in [2.45, 2.75) is 18.9 Å². The Labute approximate surface area is 203 Å². The van der Waals surface area contributed by atoms with E-state index in [1.54, 1.807) is 43.3 Å². The maximum atomic E-state index is 13.4. The Morgan fingerprint density at radius 2 is 1.79 bits per heavy atom. The Morgan fingerprint density at radius 1 is 1.06 bits per heavy atom. The molecule has 0 aliphatic carbocycles. The number of rotatable bonds is 8. The molecule has 0 spiro atoms. The summed E-state index contributed by atoms with van der Waals surface area (Å²) < 4.78 is 5.32. The average molecular weight is 476 g/mol. The van der Waals surface area contributed by atoms with Gasteiger partial charge < -0.3 is 19.9 Å². The second kappa shape index (κ2) is 10.4. The normalized spacial score (nSPS) is 11.7. The maximum absolute atomic E-state index is 13.4. The van der Waals surface area contributed by atoms with Crippen LogP contribution in [0.15, 0.2) is 79.0 Å². The lowest BCUT2D eigenvalue weighted by Gasteiger charge is -2.25. The number of anilines is 1. The number of nitrogens with one attached hydrogen (secondary N) is 2. The summed E-state index contributed by atoms with van der Waals surface area (Å²) in [5, 5.41) is 4.46. The van der Waals surface area contributed by atoms with Crippen molar-refractivity contribution >= 4 is 40.0 Å². The molecule has 7 heteroatoms. The number of halogens is 1. The summed E-state index contributed by atoms with van der Waals surface area (Å²) >= 11 is 5.99. The summed E-state index contributed by atoms with van der Waals surface area (Å²) in [5.41, 5.74) is 3.42. The zero-order valence-corrected chi connectivity index (χ0v) is 19.8. The van der Waals surface area contributed by atoms with E-state index in [4.69, 9.17) is 16.3 Å². The lowest BCUT2D eigenvalue weighted by Crippen LogP contribution is -2.49. The smallest absolute Gasteiger partial charge is 0.249 e. The third kappa shape index (κ3) is 5.41. The third-order valence-electron chi connectivity index (χ3n) is 5.79. The molecule has 174 valence electrons. The van der Waals surface area contributed by atoms with Crippen molar-refractivity contribution in [1.82, 2.24) is 10.3 Å². The first-order valence-electron chi connectivity index (χ1n) is 10.9. The van der Waals surface area contributed by atoms with Gasteiger partial charge in [-0.25, -0.2) is 0 Å². The monoisotopic (exact) mass is 475 g/mol. The first kappa shape index (κ1) is 23.4. The highest BCUT2D eigenvalue weighted by Crippen LogP contribution is 2.24. The molecule has 0 aliphatic heterocycles. The Balaban J connectivity index is 1.54. The number of ether oxygens (including phenoxy) is 1. The number of methoxy groups -OCH3 is 1. The number of hydrogen-bond acceptors (Lipinski definition) is 3. The Bertz CT molecular complexity index is 1290. The van der Waals surface area contributed by atoms with Crippen molar-refractivity contribution < 1.29 is 14.3 Å². The molecular formula is C27H26ClN3O3. The van der Waals surface area contributed by atoms with Gasteiger partial charge in [0, 0.05) is 41.3 Å². The molecule has 0 fully saturated rings. The minimum absolute atomic E-state index is 0.135. The zero-order chi connectivity index (χ0) is 24.1. The van der Waals surface area contributed by atoms with Crippen molar-refractivity contribution in [3.63, 3.8) is 0 Å². The first-order chi connectivity index (χ1) is 16.4. The molecule has 0 unspecified atom stereocenters. The number of carbonyl (C=O) groups is 2. The van der Waals surface area contributed by atoms with Crippen LogP contribution >= 0.6 is 11.6 Å². The van der Waals surface area contributed by atoms with Gasteiger partial charge >= 0.3 is 0 Å². The molecule has 34 heavy (non-hydrogen) atoms. The molecule has 0 saturated carbocycles. The number of carbonyl (C=O) groups excluding carboxylic acids is 2. The van der Waals surface area contributed by atoms with Crippen molar-refractivity contribution in [1.29, 1.82) is 0 Å². The Hall–Kier alpha value is -3.77. The van der Waals surface area contributed by atoms with Crippen LogP contribution in [0.3, 0.4) is 0 Å². The van der Waals surface area contributed by atoms with E-state index in [-0.39, 0.29) is 18.2 Å². The second-order valence-electron chi connectivity index (χ2n) is 8.09. The molecule has 4 aromatic rings. The van der Waals surface area contributed by atoms with Gasteiger partial charge in [0.1, 0.15) is 11.8 Å². The molecule has 6 nitrogen and oxygen atoms in total. The largest absolute Gasteiger partial charge is 0.497 e. The highest BCUT2D eigenvalue weighted by molar-refractivity contribution is 6.30. The molecule has 1 heterocycles. The number of likely N-dealkylation sites (N-methyl/N-ethyl adjacent to an activating group) is 1. The fraction of sp³-hybridized carbons (Fsp3) is 0.185. The SMILES string of the molecule is COc1ccc2[nH]cc(CC(=O)N[C@@H](Cc3ccccc3)C(=O)N(C)c3ccc(Cl)cc3)c2c1. The third-order valence-corrected chi connectivity index (χ3v) is 6.04. The van der Waals surface area contributed by atoms with Gasteiger partial charge in [-0.15, -0.1) is 0 Å². The average Bonchev–Trinajstić information content (AvgIpc) is 3.25. The predicted octanol–water partition coefficient (Wildman–Crippen LogP) is 4.76. The highest BCUT2D eigenvalue weighted by Gasteiger charge is 2.25. The van der Waals surface area contributed by atoms with Gasteiger partial charge in [0.05, 0.1) is 13.5 Å². The van der Waals surface area contributed by atoms with Crippen LogP contribution in [0.25, 0.3) is 10.9 Å². The van der Waals surface area contributed by atoms with Gasteiger partial charge in [-0.1, -0.05) is 41.9 Å². The lowest BCUT2D eigenvalue weighted by atomic mass is 10.0. The molecule has 3 aromatic carbocycles. The van der Waals surface area contributed by atoms with E-state index < -0.39 is 6.04 Å². The van der Waals surface area contributed by atoms with Crippen LogP contribution < -0.4 is 15.0 Å². The van der Waals surface area contributed by atoms with Crippen molar-refractivity contribution in [3.05, 3.63) is 95.1 Å². The van der Waals surface area contributed by atoms with Crippen LogP contribution in [0.1, 0.15) is 11.1 Å². The maximum Gasteiger partial charge on any atom is 0.249 e. The number of aromatic nitrogens is 1. The quantitative estimate of drug-likeness (QED) is 0.385. The summed E-state index contributed by atoms with van der Waals surface area (Å²) in [5.74, 6) is 0.276. The van der Waals surface area contributed by atoms with Crippen LogP contribution in [-0.4, -0.2) is 37.0 Å². The van der Waals surface area contributed by atoms with E-state index in [1.807, 2.05) is 54.7 Å². The number of H-pyrrole nitrogens is 1. The first-order valence-corrected chi connectivity index (χ1v) is 11.3. The Morgan fingerprint density at radius 3 is 2.50 bits per heavy atom. The zero-order valence-electron chi connectivity index (χ0n) is 19.0. The summed E-state index contributed by atoms with van der Waals surface area (Å²) in [7, 11) is 3.30. The van der Waals surface area contributed by atoms with Gasteiger partial charge in [-0.3, -0.25) is 9.59 Å². The summed E-state index contributed by atoms with van der Waals surface area (Å²) in [6.07, 6.45) is 2.33. The molecule has 4 rings (SSSR count). The minimum atomic E-state index is -0.727. The van der Waals surface area contributed by atoms with Crippen LogP contribution in [-0.2, 0) is 22.4 Å². The molecule has 1 aromatic heterocycles. The number of fused-ring (bicyclic) bond motifs is 1. The summed E-state index contributed by atoms with van der Waals surface area (Å²) in [6.45, 7) is 0. The van der Waals surface area contributed by atoms with Gasteiger partial charge in [-0.2, -0.15) is 0 Å². The fourth-order valence-electron chi connectivity index (χ4n) is 3.92. The standard InChI is InChI=1S/C27H26ClN3O3/c1-31(21-10-8-20(28)9-11-21)27(33)25(14-18-6-4-3-5-7-18)30-26(32)15-19-17-29-24-13-12-22(34-2)16-23(19)24/h3-13,16-17,25,29H,14-15H2,1-2H3,(H,30,32)/t25-/m0/s1. The number of nitrogens with zero attached hydrogens (tertiary/aromatic N) is 1. The predicted molar refractivity (Wildman–Crippen MR) is 135 cm³/mol. The number of amides is 2. The van der Waals surface area contributed by atoms with Crippen molar-refractivity contribution in [2.24, 2.45) is 0 Å². The lowest BCUT2D eigenvalue weighted by molar-refractivity contribution is -0.127. The summed E-state index contributed by atoms with van der Waals surface area (Å²) in [6, 6.07) is 21.6. The van der Waals surface area contributed by atoms with Crippen molar-refractivity contribution in [3.8, 4) is 5.75 Å². The van der Waals surface area contributed by atoms with Gasteiger partial charge in [-0.05, 0) is 53.6 Å². The van der Waals surface area contributed by atoms with E-state index in [0.29, 0.717) is 17.1 Å². The molecule has 0 radical (unpaired) electrons. The van der Waals surface area contributed by atoms with Crippen LogP contribution in [0.4, 0.5) is 5.69 Å². The Kier molecular flexibility index (Phi) is 7.18. The van der Waals surface area contributed by atoms with Gasteiger partial charge in [0.2, 0.25) is 11.8 Å². The van der Waals surface area contributed by atoms with E-state index in [9.17, 15) is 9.59 Å². The number of hydrogen-bond donors (Lipinski definition) is 2. The van der Waals surface area contributed by atoms with Crippen LogP contribution in [0, 0.1) is 0 Å². The number of aromatic amines is 1. The van der Waals surface area contributed by atoms with Crippen LogP contribution in [0.2, 0.25) is 5.02 Å². The van der Waals surface area contributed by atoms with E-state index >= 15 is 0 Å². The van der Waals surface area contributed by atoms with E-state index in [2.05, 4.69) is 10.3 Å². The van der Waals surface area contributed by atoms with E-state index in [1.165, 1.54) is 0 Å². The number of benzene rings is 3. The minimum Gasteiger partial charge on any atom is -0.497 e. The summed E-state index contributed by atoms with van der Waals surface area (Å²) in [4.78, 5) is 31.2.